The molecule has 29 heavy (non-hydrogen) atoms. The van der Waals surface area contributed by atoms with E-state index < -0.39 is 12.0 Å². The summed E-state index contributed by atoms with van der Waals surface area (Å²) >= 11 is 0. The Morgan fingerprint density at radius 3 is 2.10 bits per heavy atom. The van der Waals surface area contributed by atoms with Gasteiger partial charge in [0.05, 0.1) is 11.6 Å². The number of benzene rings is 3. The van der Waals surface area contributed by atoms with Crippen LogP contribution < -0.4 is 5.32 Å². The van der Waals surface area contributed by atoms with Gasteiger partial charge >= 0.3 is 5.97 Å². The minimum atomic E-state index is -0.816. The highest BCUT2D eigenvalue weighted by atomic mass is 16.5. The third-order valence-corrected chi connectivity index (χ3v) is 4.37. The summed E-state index contributed by atoms with van der Waals surface area (Å²) in [5.74, 6) is -0.843. The molecule has 0 aliphatic heterocycles. The average Bonchev–Trinajstić information content (AvgIpc) is 2.78. The van der Waals surface area contributed by atoms with Crippen LogP contribution in [0.1, 0.15) is 27.0 Å². The normalized spacial score (nSPS) is 11.1. The maximum Gasteiger partial charge on any atom is 0.329 e. The van der Waals surface area contributed by atoms with E-state index in [9.17, 15) is 9.59 Å². The first-order valence-corrected chi connectivity index (χ1v) is 9.21. The molecule has 0 aliphatic carbocycles. The van der Waals surface area contributed by atoms with E-state index in [-0.39, 0.29) is 12.5 Å². The third-order valence-electron chi connectivity index (χ3n) is 4.37. The largest absolute Gasteiger partial charge is 0.459 e. The molecule has 0 heterocycles. The van der Waals surface area contributed by atoms with Crippen molar-refractivity contribution < 1.29 is 14.3 Å². The molecular weight excluding hydrogens is 364 g/mol. The predicted octanol–water partition coefficient (Wildman–Crippen LogP) is 3.64. The number of nitrogens with zero attached hydrogens (tertiary/aromatic N) is 1. The van der Waals surface area contributed by atoms with Crippen LogP contribution in [0.2, 0.25) is 0 Å². The lowest BCUT2D eigenvalue weighted by Crippen LogP contribution is -2.43. The Hall–Kier alpha value is -3.91. The number of esters is 1. The van der Waals surface area contributed by atoms with Crippen LogP contribution in [-0.2, 0) is 22.6 Å². The van der Waals surface area contributed by atoms with Gasteiger partial charge in [-0.1, -0.05) is 60.7 Å². The summed E-state index contributed by atoms with van der Waals surface area (Å²) < 4.78 is 5.44. The maximum atomic E-state index is 12.7. The summed E-state index contributed by atoms with van der Waals surface area (Å²) in [6, 6.07) is 26.2. The minimum absolute atomic E-state index is 0.0665. The van der Waals surface area contributed by atoms with Crippen LogP contribution in [0.25, 0.3) is 0 Å². The monoisotopic (exact) mass is 384 g/mol. The third kappa shape index (κ3) is 5.78. The van der Waals surface area contributed by atoms with Gasteiger partial charge in [-0.3, -0.25) is 4.79 Å². The number of amides is 1. The lowest BCUT2D eigenvalue weighted by Gasteiger charge is -2.18. The van der Waals surface area contributed by atoms with Gasteiger partial charge in [-0.05, 0) is 35.4 Å². The van der Waals surface area contributed by atoms with Crippen molar-refractivity contribution in [3.05, 3.63) is 107 Å². The van der Waals surface area contributed by atoms with Gasteiger partial charge < -0.3 is 10.1 Å². The van der Waals surface area contributed by atoms with Crippen LogP contribution in [0.15, 0.2) is 84.9 Å². The Morgan fingerprint density at radius 1 is 0.862 bits per heavy atom. The first-order valence-electron chi connectivity index (χ1n) is 9.21. The van der Waals surface area contributed by atoms with E-state index in [1.54, 1.807) is 48.5 Å². The number of rotatable bonds is 7. The molecule has 0 aliphatic rings. The Bertz CT molecular complexity index is 994. The van der Waals surface area contributed by atoms with Crippen LogP contribution in [-0.4, -0.2) is 17.9 Å². The van der Waals surface area contributed by atoms with Gasteiger partial charge in [0.15, 0.2) is 0 Å². The number of nitriles is 1. The van der Waals surface area contributed by atoms with E-state index in [1.165, 1.54) is 0 Å². The van der Waals surface area contributed by atoms with Crippen molar-refractivity contribution in [3.63, 3.8) is 0 Å². The second-order valence-corrected chi connectivity index (χ2v) is 6.50. The molecular formula is C24H20N2O3. The van der Waals surface area contributed by atoms with Crippen molar-refractivity contribution in [2.24, 2.45) is 0 Å². The lowest BCUT2D eigenvalue weighted by molar-refractivity contribution is -0.147. The number of hydrogen-bond acceptors (Lipinski definition) is 4. The number of ether oxygens (including phenoxy) is 1. The molecule has 0 saturated carbocycles. The number of nitrogens with one attached hydrogen (secondary N) is 1. The van der Waals surface area contributed by atoms with E-state index in [4.69, 9.17) is 10.00 Å². The van der Waals surface area contributed by atoms with Crippen molar-refractivity contribution in [1.29, 1.82) is 5.26 Å². The Balaban J connectivity index is 1.69. The summed E-state index contributed by atoms with van der Waals surface area (Å²) in [6.07, 6.45) is 0.325. The fourth-order valence-electron chi connectivity index (χ4n) is 2.80. The summed E-state index contributed by atoms with van der Waals surface area (Å²) in [5, 5.41) is 11.6. The van der Waals surface area contributed by atoms with Gasteiger partial charge in [-0.15, -0.1) is 0 Å². The SMILES string of the molecule is N#Cc1ccc(COC(=O)[C@H](Cc2ccccc2)NC(=O)c2ccccc2)cc1. The van der Waals surface area contributed by atoms with E-state index in [0.29, 0.717) is 17.5 Å². The first-order chi connectivity index (χ1) is 14.2. The highest BCUT2D eigenvalue weighted by molar-refractivity contribution is 5.96. The number of carbonyl (C=O) groups is 2. The summed E-state index contributed by atoms with van der Waals surface area (Å²) in [7, 11) is 0. The molecule has 0 bridgehead atoms. The molecule has 1 amide bonds. The molecule has 5 heteroatoms. The second kappa shape index (κ2) is 9.86. The smallest absolute Gasteiger partial charge is 0.329 e. The second-order valence-electron chi connectivity index (χ2n) is 6.50. The Labute approximate surface area is 169 Å². The van der Waals surface area contributed by atoms with Gasteiger partial charge in [0, 0.05) is 12.0 Å². The van der Waals surface area contributed by atoms with Gasteiger partial charge in [-0.2, -0.15) is 5.26 Å². The van der Waals surface area contributed by atoms with Crippen LogP contribution in [0, 0.1) is 11.3 Å². The van der Waals surface area contributed by atoms with Crippen molar-refractivity contribution >= 4 is 11.9 Å². The van der Waals surface area contributed by atoms with Gasteiger partial charge in [0.2, 0.25) is 0 Å². The number of hydrogen-bond donors (Lipinski definition) is 1. The first kappa shape index (κ1) is 19.8. The van der Waals surface area contributed by atoms with Gasteiger partial charge in [0.25, 0.3) is 5.91 Å². The highest BCUT2D eigenvalue weighted by Gasteiger charge is 2.23. The van der Waals surface area contributed by atoms with E-state index in [2.05, 4.69) is 5.32 Å². The van der Waals surface area contributed by atoms with Gasteiger partial charge in [0.1, 0.15) is 12.6 Å². The summed E-state index contributed by atoms with van der Waals surface area (Å²) in [4.78, 5) is 25.3. The molecule has 1 atom stereocenters. The van der Waals surface area contributed by atoms with Crippen molar-refractivity contribution in [2.75, 3.05) is 0 Å². The predicted molar refractivity (Wildman–Crippen MR) is 109 cm³/mol. The topological polar surface area (TPSA) is 79.2 Å². The summed E-state index contributed by atoms with van der Waals surface area (Å²) in [5.41, 5.74) is 2.70. The molecule has 3 aromatic rings. The van der Waals surface area contributed by atoms with Crippen LogP contribution in [0.5, 0.6) is 0 Å². The fourth-order valence-corrected chi connectivity index (χ4v) is 2.80. The van der Waals surface area contributed by atoms with Gasteiger partial charge in [-0.25, -0.2) is 4.79 Å². The quantitative estimate of drug-likeness (QED) is 0.631. The summed E-state index contributed by atoms with van der Waals surface area (Å²) in [6.45, 7) is 0.0665. The van der Waals surface area contributed by atoms with Crippen LogP contribution in [0.3, 0.4) is 0 Å². The van der Waals surface area contributed by atoms with Crippen LogP contribution >= 0.6 is 0 Å². The molecule has 5 nitrogen and oxygen atoms in total. The molecule has 3 rings (SSSR count). The van der Waals surface area contributed by atoms with E-state index >= 15 is 0 Å². The van der Waals surface area contributed by atoms with E-state index in [0.717, 1.165) is 11.1 Å². The van der Waals surface area contributed by atoms with Crippen LogP contribution in [0.4, 0.5) is 0 Å². The molecule has 0 saturated heterocycles. The van der Waals surface area contributed by atoms with Crippen molar-refractivity contribution in [3.8, 4) is 6.07 Å². The Morgan fingerprint density at radius 2 is 1.48 bits per heavy atom. The lowest BCUT2D eigenvalue weighted by atomic mass is 10.1. The van der Waals surface area contributed by atoms with Crippen molar-refractivity contribution in [1.82, 2.24) is 5.32 Å². The standard InChI is InChI=1S/C24H20N2O3/c25-16-19-11-13-20(14-12-19)17-29-24(28)22(15-18-7-3-1-4-8-18)26-23(27)21-9-5-2-6-10-21/h1-14,22H,15,17H2,(H,26,27)/t22-/m0/s1. The molecule has 0 radical (unpaired) electrons. The molecule has 0 fully saturated rings. The maximum absolute atomic E-state index is 12.7. The average molecular weight is 384 g/mol. The fraction of sp³-hybridized carbons (Fsp3) is 0.125. The molecule has 144 valence electrons. The molecule has 0 aromatic heterocycles. The zero-order valence-corrected chi connectivity index (χ0v) is 15.7. The number of carbonyl (C=O) groups excluding carboxylic acids is 2. The minimum Gasteiger partial charge on any atom is -0.459 e. The molecule has 0 unspecified atom stereocenters. The molecule has 1 N–H and O–H groups in total. The molecule has 0 spiro atoms. The molecule has 3 aromatic carbocycles. The zero-order chi connectivity index (χ0) is 20.5. The zero-order valence-electron chi connectivity index (χ0n) is 15.7. The Kier molecular flexibility index (Phi) is 6.75. The highest BCUT2D eigenvalue weighted by Crippen LogP contribution is 2.09. The van der Waals surface area contributed by atoms with Crippen molar-refractivity contribution in [2.45, 2.75) is 19.1 Å². The van der Waals surface area contributed by atoms with E-state index in [1.807, 2.05) is 42.5 Å².